The van der Waals surface area contributed by atoms with Gasteiger partial charge in [0.05, 0.1) is 16.8 Å². The van der Waals surface area contributed by atoms with E-state index < -0.39 is 11.7 Å². The Bertz CT molecular complexity index is 1140. The Morgan fingerprint density at radius 2 is 1.68 bits per heavy atom. The smallest absolute Gasteiger partial charge is 0.394 e. The van der Waals surface area contributed by atoms with Crippen LogP contribution >= 0.6 is 0 Å². The number of pyridine rings is 1. The maximum absolute atomic E-state index is 12.7. The summed E-state index contributed by atoms with van der Waals surface area (Å²) >= 11 is 0. The van der Waals surface area contributed by atoms with Gasteiger partial charge in [0.1, 0.15) is 12.0 Å². The van der Waals surface area contributed by atoms with Crippen molar-refractivity contribution in [2.45, 2.75) is 6.18 Å². The Hall–Kier alpha value is -3.68. The van der Waals surface area contributed by atoms with Gasteiger partial charge in [-0.25, -0.2) is 9.97 Å². The minimum Gasteiger partial charge on any atom is -0.394 e. The summed E-state index contributed by atoms with van der Waals surface area (Å²) < 4.78 is 38.1. The van der Waals surface area contributed by atoms with Crippen LogP contribution in [-0.4, -0.2) is 15.0 Å². The zero-order valence-electron chi connectivity index (χ0n) is 14.4. The lowest BCUT2D eigenvalue weighted by Gasteiger charge is -2.12. The molecular weight excluding hydrogens is 367 g/mol. The molecule has 0 aliphatic rings. The summed E-state index contributed by atoms with van der Waals surface area (Å²) in [4.78, 5) is 12.7. The van der Waals surface area contributed by atoms with E-state index in [1.54, 1.807) is 6.20 Å². The lowest BCUT2D eigenvalue weighted by atomic mass is 10.1. The van der Waals surface area contributed by atoms with Crippen LogP contribution in [0.4, 0.5) is 30.4 Å². The van der Waals surface area contributed by atoms with Crippen molar-refractivity contribution in [3.05, 3.63) is 72.7 Å². The summed E-state index contributed by atoms with van der Waals surface area (Å²) in [6.07, 6.45) is -1.34. The SMILES string of the molecule is Nc1c(Nc2ccc(C(F)(F)F)cc2)ncnc1-c1ccc2cccnc2c1. The molecule has 0 spiro atoms. The molecule has 0 amide bonds. The first-order chi connectivity index (χ1) is 13.4. The molecule has 28 heavy (non-hydrogen) atoms. The first-order valence-corrected chi connectivity index (χ1v) is 8.32. The molecule has 0 bridgehead atoms. The number of nitrogens with one attached hydrogen (secondary N) is 1. The highest BCUT2D eigenvalue weighted by Crippen LogP contribution is 2.33. The number of hydrogen-bond acceptors (Lipinski definition) is 5. The van der Waals surface area contributed by atoms with E-state index in [9.17, 15) is 13.2 Å². The van der Waals surface area contributed by atoms with Crippen LogP contribution in [0.25, 0.3) is 22.2 Å². The van der Waals surface area contributed by atoms with Crippen LogP contribution < -0.4 is 11.1 Å². The van der Waals surface area contributed by atoms with Crippen molar-refractivity contribution in [1.82, 2.24) is 15.0 Å². The zero-order chi connectivity index (χ0) is 19.7. The largest absolute Gasteiger partial charge is 0.416 e. The fraction of sp³-hybridized carbons (Fsp3) is 0.0500. The predicted octanol–water partition coefficient (Wildman–Crippen LogP) is 5.04. The van der Waals surface area contributed by atoms with E-state index >= 15 is 0 Å². The van der Waals surface area contributed by atoms with Gasteiger partial charge in [-0.15, -0.1) is 0 Å². The quantitative estimate of drug-likeness (QED) is 0.520. The molecule has 4 rings (SSSR count). The Balaban J connectivity index is 1.66. The maximum Gasteiger partial charge on any atom is 0.416 e. The van der Waals surface area contributed by atoms with Gasteiger partial charge in [0, 0.05) is 22.8 Å². The second-order valence-electron chi connectivity index (χ2n) is 6.10. The summed E-state index contributed by atoms with van der Waals surface area (Å²) in [5.41, 5.74) is 8.30. The molecule has 140 valence electrons. The first-order valence-electron chi connectivity index (χ1n) is 8.32. The molecule has 5 nitrogen and oxygen atoms in total. The van der Waals surface area contributed by atoms with Crippen molar-refractivity contribution in [3.63, 3.8) is 0 Å². The Kier molecular flexibility index (Phi) is 4.31. The van der Waals surface area contributed by atoms with E-state index in [1.165, 1.54) is 18.5 Å². The van der Waals surface area contributed by atoms with Gasteiger partial charge in [-0.2, -0.15) is 13.2 Å². The Labute approximate surface area is 158 Å². The van der Waals surface area contributed by atoms with E-state index in [-0.39, 0.29) is 5.69 Å². The molecule has 0 unspecified atom stereocenters. The highest BCUT2D eigenvalue weighted by molar-refractivity contribution is 5.88. The Morgan fingerprint density at radius 1 is 0.893 bits per heavy atom. The molecule has 0 fully saturated rings. The molecule has 0 atom stereocenters. The van der Waals surface area contributed by atoms with Crippen LogP contribution in [0, 0.1) is 0 Å². The molecule has 0 saturated carbocycles. The molecule has 2 aromatic carbocycles. The van der Waals surface area contributed by atoms with Crippen LogP contribution in [0.3, 0.4) is 0 Å². The van der Waals surface area contributed by atoms with Crippen molar-refractivity contribution in [1.29, 1.82) is 0 Å². The lowest BCUT2D eigenvalue weighted by Crippen LogP contribution is -2.05. The summed E-state index contributed by atoms with van der Waals surface area (Å²) in [5, 5.41) is 3.93. The van der Waals surface area contributed by atoms with Gasteiger partial charge in [0.15, 0.2) is 5.82 Å². The highest BCUT2D eigenvalue weighted by atomic mass is 19.4. The van der Waals surface area contributed by atoms with Gasteiger partial charge in [0.2, 0.25) is 0 Å². The molecule has 8 heteroatoms. The molecule has 0 aliphatic carbocycles. The van der Waals surface area contributed by atoms with Crippen molar-refractivity contribution < 1.29 is 13.2 Å². The van der Waals surface area contributed by atoms with Crippen molar-refractivity contribution in [2.75, 3.05) is 11.1 Å². The molecule has 2 heterocycles. The summed E-state index contributed by atoms with van der Waals surface area (Å²) in [5.74, 6) is 0.311. The number of benzene rings is 2. The first kappa shape index (κ1) is 17.7. The van der Waals surface area contributed by atoms with Crippen molar-refractivity contribution in [3.8, 4) is 11.3 Å². The van der Waals surface area contributed by atoms with E-state index in [0.717, 1.165) is 28.6 Å². The monoisotopic (exact) mass is 381 g/mol. The highest BCUT2D eigenvalue weighted by Gasteiger charge is 2.30. The van der Waals surface area contributed by atoms with E-state index in [1.807, 2.05) is 30.3 Å². The van der Waals surface area contributed by atoms with Crippen LogP contribution in [0.2, 0.25) is 0 Å². The van der Waals surface area contributed by atoms with Crippen molar-refractivity contribution in [2.24, 2.45) is 0 Å². The molecule has 0 saturated heterocycles. The number of nitrogens with zero attached hydrogens (tertiary/aromatic N) is 3. The fourth-order valence-electron chi connectivity index (χ4n) is 2.82. The average molecular weight is 381 g/mol. The number of alkyl halides is 3. The second-order valence-corrected chi connectivity index (χ2v) is 6.10. The summed E-state index contributed by atoms with van der Waals surface area (Å²) in [7, 11) is 0. The number of fused-ring (bicyclic) bond motifs is 1. The van der Waals surface area contributed by atoms with Gasteiger partial charge in [0.25, 0.3) is 0 Å². The zero-order valence-corrected chi connectivity index (χ0v) is 14.4. The van der Waals surface area contributed by atoms with Crippen LogP contribution in [0.1, 0.15) is 5.56 Å². The molecule has 0 aliphatic heterocycles. The molecule has 0 radical (unpaired) electrons. The fourth-order valence-corrected chi connectivity index (χ4v) is 2.82. The van der Waals surface area contributed by atoms with E-state index in [4.69, 9.17) is 5.73 Å². The molecular formula is C20H14F3N5. The number of nitrogen functional groups attached to an aromatic ring is 1. The third kappa shape index (κ3) is 3.44. The van der Waals surface area contributed by atoms with Gasteiger partial charge < -0.3 is 11.1 Å². The number of aromatic nitrogens is 3. The number of hydrogen-bond donors (Lipinski definition) is 2. The van der Waals surface area contributed by atoms with Crippen LogP contribution in [0.15, 0.2) is 67.1 Å². The normalized spacial score (nSPS) is 11.5. The predicted molar refractivity (Wildman–Crippen MR) is 102 cm³/mol. The minimum absolute atomic E-state index is 0.290. The molecule has 4 aromatic rings. The van der Waals surface area contributed by atoms with Gasteiger partial charge in [-0.1, -0.05) is 18.2 Å². The number of rotatable bonds is 3. The summed E-state index contributed by atoms with van der Waals surface area (Å²) in [6, 6.07) is 14.1. The summed E-state index contributed by atoms with van der Waals surface area (Å²) in [6.45, 7) is 0. The lowest BCUT2D eigenvalue weighted by molar-refractivity contribution is -0.137. The van der Waals surface area contributed by atoms with Gasteiger partial charge in [-0.05, 0) is 36.4 Å². The third-order valence-corrected chi connectivity index (χ3v) is 4.24. The Morgan fingerprint density at radius 3 is 2.43 bits per heavy atom. The maximum atomic E-state index is 12.7. The van der Waals surface area contributed by atoms with Crippen molar-refractivity contribution >= 4 is 28.1 Å². The topological polar surface area (TPSA) is 76.7 Å². The van der Waals surface area contributed by atoms with Gasteiger partial charge in [-0.3, -0.25) is 4.98 Å². The molecule has 2 aromatic heterocycles. The number of halogens is 3. The third-order valence-electron chi connectivity index (χ3n) is 4.24. The minimum atomic E-state index is -4.39. The average Bonchev–Trinajstić information content (AvgIpc) is 2.69. The number of nitrogens with two attached hydrogens (primary N) is 1. The van der Waals surface area contributed by atoms with Crippen LogP contribution in [-0.2, 0) is 6.18 Å². The van der Waals surface area contributed by atoms with Gasteiger partial charge >= 0.3 is 6.18 Å². The van der Waals surface area contributed by atoms with E-state index in [0.29, 0.717) is 17.2 Å². The number of anilines is 3. The standard InChI is InChI=1S/C20H14F3N5/c21-20(22,23)14-5-7-15(8-6-14)28-19-17(24)18(26-11-27-19)13-4-3-12-2-1-9-25-16(12)10-13/h1-11H,24H2,(H,26,27,28). The second kappa shape index (κ2) is 6.80. The molecule has 3 N–H and O–H groups in total. The van der Waals surface area contributed by atoms with Crippen LogP contribution in [0.5, 0.6) is 0 Å². The van der Waals surface area contributed by atoms with E-state index in [2.05, 4.69) is 20.3 Å².